The van der Waals surface area contributed by atoms with E-state index in [2.05, 4.69) is 4.72 Å². The lowest BCUT2D eigenvalue weighted by Gasteiger charge is -2.21. The molecule has 0 aromatic carbocycles. The second kappa shape index (κ2) is 6.52. The summed E-state index contributed by atoms with van der Waals surface area (Å²) in [6.07, 6.45) is 0.494. The third kappa shape index (κ3) is 4.04. The molecule has 4 nitrogen and oxygen atoms in total. The lowest BCUT2D eigenvalue weighted by Crippen LogP contribution is -2.42. The van der Waals surface area contributed by atoms with E-state index in [1.54, 1.807) is 6.92 Å². The molecule has 108 valence electrons. The second-order valence-corrected chi connectivity index (χ2v) is 7.82. The zero-order chi connectivity index (χ0) is 14.6. The molecule has 0 saturated heterocycles. The van der Waals surface area contributed by atoms with Gasteiger partial charge < -0.3 is 0 Å². The van der Waals surface area contributed by atoms with Gasteiger partial charge in [0.2, 0.25) is 15.9 Å². The van der Waals surface area contributed by atoms with Crippen LogP contribution < -0.4 is 4.72 Å². The standard InChI is InChI=1S/C13H21NO3S2/c1-5-12(9(2)3)19(16,17)14-13(15)10(4)11-7-6-8-18-11/h6-10,12H,5H2,1-4H3,(H,14,15)/t10-,12-/m0/s1. The number of amides is 1. The van der Waals surface area contributed by atoms with Gasteiger partial charge in [-0.25, -0.2) is 8.42 Å². The zero-order valence-electron chi connectivity index (χ0n) is 11.7. The third-order valence-electron chi connectivity index (χ3n) is 3.15. The molecule has 0 spiro atoms. The normalized spacial score (nSPS) is 15.2. The monoisotopic (exact) mass is 303 g/mol. The molecule has 1 heterocycles. The summed E-state index contributed by atoms with van der Waals surface area (Å²) in [5.74, 6) is -0.923. The van der Waals surface area contributed by atoms with Crippen LogP contribution in [0.2, 0.25) is 0 Å². The van der Waals surface area contributed by atoms with E-state index < -0.39 is 27.1 Å². The number of carbonyl (C=O) groups is 1. The van der Waals surface area contributed by atoms with Gasteiger partial charge in [-0.1, -0.05) is 26.8 Å². The Hall–Kier alpha value is -0.880. The molecule has 1 amide bonds. The Morgan fingerprint density at radius 3 is 2.42 bits per heavy atom. The summed E-state index contributed by atoms with van der Waals surface area (Å²) in [4.78, 5) is 12.9. The predicted molar refractivity (Wildman–Crippen MR) is 78.7 cm³/mol. The largest absolute Gasteiger partial charge is 0.273 e. The first kappa shape index (κ1) is 16.2. The van der Waals surface area contributed by atoms with Crippen LogP contribution in [0.4, 0.5) is 0 Å². The van der Waals surface area contributed by atoms with Crippen molar-refractivity contribution in [1.82, 2.24) is 4.72 Å². The fourth-order valence-electron chi connectivity index (χ4n) is 2.02. The van der Waals surface area contributed by atoms with Crippen molar-refractivity contribution in [2.24, 2.45) is 5.92 Å². The number of rotatable bonds is 6. The Bertz CT molecular complexity index is 506. The van der Waals surface area contributed by atoms with Crippen LogP contribution in [0.25, 0.3) is 0 Å². The molecule has 1 aromatic heterocycles. The van der Waals surface area contributed by atoms with E-state index in [0.717, 1.165) is 4.88 Å². The number of hydrogen-bond donors (Lipinski definition) is 1. The van der Waals surface area contributed by atoms with Gasteiger partial charge in [0.15, 0.2) is 0 Å². The lowest BCUT2D eigenvalue weighted by atomic mass is 10.1. The highest BCUT2D eigenvalue weighted by Crippen LogP contribution is 2.22. The molecule has 1 rings (SSSR count). The number of hydrogen-bond acceptors (Lipinski definition) is 4. The molecular formula is C13H21NO3S2. The first-order chi connectivity index (χ1) is 8.79. The molecule has 1 aromatic rings. The molecule has 0 unspecified atom stereocenters. The van der Waals surface area contributed by atoms with Crippen molar-refractivity contribution in [1.29, 1.82) is 0 Å². The first-order valence-corrected chi connectivity index (χ1v) is 8.81. The van der Waals surface area contributed by atoms with Crippen LogP contribution in [-0.4, -0.2) is 19.6 Å². The number of carbonyl (C=O) groups excluding carboxylic acids is 1. The number of nitrogens with one attached hydrogen (secondary N) is 1. The van der Waals surface area contributed by atoms with E-state index >= 15 is 0 Å². The van der Waals surface area contributed by atoms with Crippen molar-refractivity contribution >= 4 is 27.3 Å². The second-order valence-electron chi connectivity index (χ2n) is 4.94. The van der Waals surface area contributed by atoms with Crippen LogP contribution >= 0.6 is 11.3 Å². The molecule has 0 aliphatic carbocycles. The highest BCUT2D eigenvalue weighted by atomic mass is 32.2. The summed E-state index contributed by atoms with van der Waals surface area (Å²) >= 11 is 1.45. The van der Waals surface area contributed by atoms with Crippen molar-refractivity contribution in [2.45, 2.75) is 45.3 Å². The van der Waals surface area contributed by atoms with Crippen molar-refractivity contribution in [3.63, 3.8) is 0 Å². The maximum atomic E-state index is 12.2. The average Bonchev–Trinajstić information content (AvgIpc) is 2.80. The summed E-state index contributed by atoms with van der Waals surface area (Å²) in [5.41, 5.74) is 0. The van der Waals surface area contributed by atoms with Crippen LogP contribution in [0.3, 0.4) is 0 Å². The van der Waals surface area contributed by atoms with Gasteiger partial charge in [0.05, 0.1) is 11.2 Å². The quantitative estimate of drug-likeness (QED) is 0.879. The van der Waals surface area contributed by atoms with Crippen LogP contribution in [0.5, 0.6) is 0 Å². The van der Waals surface area contributed by atoms with Gasteiger partial charge in [0.25, 0.3) is 0 Å². The van der Waals surface area contributed by atoms with E-state index in [4.69, 9.17) is 0 Å². The van der Waals surface area contributed by atoms with Crippen LogP contribution in [0.1, 0.15) is 44.9 Å². The maximum absolute atomic E-state index is 12.2. The fourth-order valence-corrected chi connectivity index (χ4v) is 4.57. The number of thiophene rings is 1. The van der Waals surface area contributed by atoms with E-state index in [1.807, 2.05) is 38.3 Å². The summed E-state index contributed by atoms with van der Waals surface area (Å²) in [6, 6.07) is 3.68. The molecular weight excluding hydrogens is 282 g/mol. The zero-order valence-corrected chi connectivity index (χ0v) is 13.3. The summed E-state index contributed by atoms with van der Waals surface area (Å²) in [5, 5.41) is 1.34. The predicted octanol–water partition coefficient (Wildman–Crippen LogP) is 2.73. The van der Waals surface area contributed by atoms with Crippen LogP contribution in [0, 0.1) is 5.92 Å². The minimum atomic E-state index is -3.60. The lowest BCUT2D eigenvalue weighted by molar-refractivity contribution is -0.120. The van der Waals surface area contributed by atoms with Crippen molar-refractivity contribution in [2.75, 3.05) is 0 Å². The Labute approximate surface area is 119 Å². The Morgan fingerprint density at radius 1 is 1.37 bits per heavy atom. The number of sulfonamides is 1. The molecule has 6 heteroatoms. The Kier molecular flexibility index (Phi) is 5.55. The average molecular weight is 303 g/mol. The van der Waals surface area contributed by atoms with Gasteiger partial charge in [-0.15, -0.1) is 11.3 Å². The molecule has 0 fully saturated rings. The van der Waals surface area contributed by atoms with Gasteiger partial charge >= 0.3 is 0 Å². The van der Waals surface area contributed by atoms with Gasteiger partial charge in [0.1, 0.15) is 0 Å². The molecule has 0 aliphatic rings. The maximum Gasteiger partial charge on any atom is 0.241 e. The highest BCUT2D eigenvalue weighted by Gasteiger charge is 2.30. The Morgan fingerprint density at radius 2 is 2.00 bits per heavy atom. The molecule has 1 N–H and O–H groups in total. The summed E-state index contributed by atoms with van der Waals surface area (Å²) < 4.78 is 26.5. The van der Waals surface area contributed by atoms with Crippen LogP contribution in [0.15, 0.2) is 17.5 Å². The Balaban J connectivity index is 2.81. The van der Waals surface area contributed by atoms with E-state index in [9.17, 15) is 13.2 Å². The minimum Gasteiger partial charge on any atom is -0.273 e. The van der Waals surface area contributed by atoms with Crippen molar-refractivity contribution < 1.29 is 13.2 Å². The van der Waals surface area contributed by atoms with E-state index in [-0.39, 0.29) is 5.92 Å². The van der Waals surface area contributed by atoms with Gasteiger partial charge in [-0.05, 0) is 30.7 Å². The summed E-state index contributed by atoms with van der Waals surface area (Å²) in [6.45, 7) is 7.23. The van der Waals surface area contributed by atoms with E-state index in [1.165, 1.54) is 11.3 Å². The van der Waals surface area contributed by atoms with Gasteiger partial charge in [-0.2, -0.15) is 0 Å². The molecule has 0 bridgehead atoms. The fraction of sp³-hybridized carbons (Fsp3) is 0.615. The molecule has 19 heavy (non-hydrogen) atoms. The highest BCUT2D eigenvalue weighted by molar-refractivity contribution is 7.90. The van der Waals surface area contributed by atoms with Crippen molar-refractivity contribution in [3.05, 3.63) is 22.4 Å². The van der Waals surface area contributed by atoms with Crippen LogP contribution in [-0.2, 0) is 14.8 Å². The third-order valence-corrected chi connectivity index (χ3v) is 6.37. The summed E-state index contributed by atoms with van der Waals surface area (Å²) in [7, 11) is -3.60. The smallest absolute Gasteiger partial charge is 0.241 e. The molecule has 2 atom stereocenters. The van der Waals surface area contributed by atoms with Gasteiger partial charge in [-0.3, -0.25) is 9.52 Å². The SMILES string of the molecule is CC[C@@H](C(C)C)S(=O)(=O)NC(=O)[C@@H](C)c1cccs1. The van der Waals surface area contributed by atoms with Gasteiger partial charge in [0, 0.05) is 4.88 Å². The first-order valence-electron chi connectivity index (χ1n) is 6.38. The minimum absolute atomic E-state index is 0.0210. The molecule has 0 saturated carbocycles. The topological polar surface area (TPSA) is 63.2 Å². The molecule has 0 radical (unpaired) electrons. The molecule has 0 aliphatic heterocycles. The van der Waals surface area contributed by atoms with E-state index in [0.29, 0.717) is 6.42 Å². The van der Waals surface area contributed by atoms with Crippen molar-refractivity contribution in [3.8, 4) is 0 Å².